The Labute approximate surface area is 156 Å². The minimum atomic E-state index is -0.784. The van der Waals surface area contributed by atoms with Crippen molar-refractivity contribution in [1.29, 1.82) is 0 Å². The van der Waals surface area contributed by atoms with E-state index in [1.807, 2.05) is 25.1 Å². The molecule has 7 nitrogen and oxygen atoms in total. The Kier molecular flexibility index (Phi) is 4.90. The van der Waals surface area contributed by atoms with Crippen LogP contribution >= 0.6 is 11.3 Å². The van der Waals surface area contributed by atoms with Crippen LogP contribution in [0.25, 0.3) is 10.2 Å². The molecule has 0 saturated carbocycles. The second-order valence-electron chi connectivity index (χ2n) is 7.52. The SMILES string of the molecule is Cc1ccc2nc(NC(=O)[C@@H]3C[C@@H](O)CN3C(=O)OC(C)(C)C)sc2c1. The van der Waals surface area contributed by atoms with Gasteiger partial charge in [0, 0.05) is 6.42 Å². The van der Waals surface area contributed by atoms with Crippen molar-refractivity contribution in [3.8, 4) is 0 Å². The molecule has 0 spiro atoms. The average Bonchev–Trinajstić information content (AvgIpc) is 3.08. The maximum absolute atomic E-state index is 12.7. The molecule has 0 bridgehead atoms. The summed E-state index contributed by atoms with van der Waals surface area (Å²) in [5.74, 6) is -0.372. The van der Waals surface area contributed by atoms with Gasteiger partial charge in [-0.2, -0.15) is 0 Å². The van der Waals surface area contributed by atoms with E-state index in [2.05, 4.69) is 10.3 Å². The Morgan fingerprint density at radius 1 is 1.38 bits per heavy atom. The first-order valence-electron chi connectivity index (χ1n) is 8.48. The number of β-amino-alcohol motifs (C(OH)–C–C–N with tert-alkyl or cyclic N) is 1. The minimum Gasteiger partial charge on any atom is -0.444 e. The summed E-state index contributed by atoms with van der Waals surface area (Å²) in [4.78, 5) is 30.7. The van der Waals surface area contributed by atoms with E-state index in [0.29, 0.717) is 5.13 Å². The van der Waals surface area contributed by atoms with Gasteiger partial charge in [0.2, 0.25) is 5.91 Å². The molecule has 2 N–H and O–H groups in total. The number of aromatic nitrogens is 1. The van der Waals surface area contributed by atoms with E-state index < -0.39 is 23.8 Å². The summed E-state index contributed by atoms with van der Waals surface area (Å²) in [6.45, 7) is 7.35. The van der Waals surface area contributed by atoms with Crippen LogP contribution in [0.4, 0.5) is 9.93 Å². The fourth-order valence-corrected chi connectivity index (χ4v) is 3.83. The van der Waals surface area contributed by atoms with Crippen LogP contribution < -0.4 is 5.32 Å². The molecule has 0 unspecified atom stereocenters. The van der Waals surface area contributed by atoms with Crippen molar-refractivity contribution in [1.82, 2.24) is 9.88 Å². The summed E-state index contributed by atoms with van der Waals surface area (Å²) in [6, 6.07) is 5.09. The van der Waals surface area contributed by atoms with Crippen molar-refractivity contribution < 1.29 is 19.4 Å². The number of aryl methyl sites for hydroxylation is 1. The fraction of sp³-hybridized carbons (Fsp3) is 0.500. The molecule has 26 heavy (non-hydrogen) atoms. The maximum Gasteiger partial charge on any atom is 0.411 e. The maximum atomic E-state index is 12.7. The van der Waals surface area contributed by atoms with Crippen molar-refractivity contribution in [2.24, 2.45) is 0 Å². The third kappa shape index (κ3) is 4.13. The Bertz CT molecular complexity index is 843. The zero-order valence-electron chi connectivity index (χ0n) is 15.3. The van der Waals surface area contributed by atoms with Crippen LogP contribution in [0.2, 0.25) is 0 Å². The van der Waals surface area contributed by atoms with Crippen LogP contribution in [-0.2, 0) is 9.53 Å². The first-order chi connectivity index (χ1) is 12.1. The lowest BCUT2D eigenvalue weighted by atomic mass is 10.2. The van der Waals surface area contributed by atoms with Crippen LogP contribution in [-0.4, -0.2) is 51.3 Å². The van der Waals surface area contributed by atoms with Gasteiger partial charge in [-0.15, -0.1) is 0 Å². The van der Waals surface area contributed by atoms with E-state index in [-0.39, 0.29) is 18.9 Å². The van der Waals surface area contributed by atoms with Crippen molar-refractivity contribution in [2.45, 2.75) is 51.9 Å². The Morgan fingerprint density at radius 3 is 2.81 bits per heavy atom. The first kappa shape index (κ1) is 18.6. The summed E-state index contributed by atoms with van der Waals surface area (Å²) >= 11 is 1.38. The molecule has 1 aliphatic heterocycles. The second kappa shape index (κ2) is 6.85. The second-order valence-corrected chi connectivity index (χ2v) is 8.55. The van der Waals surface area contributed by atoms with Crippen LogP contribution in [0.15, 0.2) is 18.2 Å². The van der Waals surface area contributed by atoms with E-state index in [0.717, 1.165) is 15.8 Å². The lowest BCUT2D eigenvalue weighted by molar-refractivity contribution is -0.120. The molecule has 2 amide bonds. The van der Waals surface area contributed by atoms with Gasteiger partial charge in [0.25, 0.3) is 0 Å². The molecular formula is C18H23N3O4S. The number of benzene rings is 1. The first-order valence-corrected chi connectivity index (χ1v) is 9.30. The number of ether oxygens (including phenoxy) is 1. The predicted octanol–water partition coefficient (Wildman–Crippen LogP) is 2.91. The summed E-state index contributed by atoms with van der Waals surface area (Å²) in [5, 5.41) is 13.2. The molecule has 1 saturated heterocycles. The van der Waals surface area contributed by atoms with Crippen molar-refractivity contribution in [3.63, 3.8) is 0 Å². The lowest BCUT2D eigenvalue weighted by Crippen LogP contribution is -2.45. The van der Waals surface area contributed by atoms with Gasteiger partial charge in [0.1, 0.15) is 11.6 Å². The zero-order valence-corrected chi connectivity index (χ0v) is 16.1. The smallest absolute Gasteiger partial charge is 0.411 e. The lowest BCUT2D eigenvalue weighted by Gasteiger charge is -2.27. The number of aliphatic hydroxyl groups excluding tert-OH is 1. The number of likely N-dealkylation sites (tertiary alicyclic amines) is 1. The highest BCUT2D eigenvalue weighted by atomic mass is 32.1. The molecule has 0 radical (unpaired) electrons. The van der Waals surface area contributed by atoms with E-state index in [9.17, 15) is 14.7 Å². The molecule has 8 heteroatoms. The number of fused-ring (bicyclic) bond motifs is 1. The number of anilines is 1. The molecule has 2 aromatic rings. The van der Waals surface area contributed by atoms with Gasteiger partial charge in [-0.1, -0.05) is 17.4 Å². The quantitative estimate of drug-likeness (QED) is 0.840. The number of thiazole rings is 1. The number of nitrogens with one attached hydrogen (secondary N) is 1. The molecule has 2 heterocycles. The number of carbonyl (C=O) groups excluding carboxylic acids is 2. The predicted molar refractivity (Wildman–Crippen MR) is 100 cm³/mol. The molecule has 1 fully saturated rings. The Morgan fingerprint density at radius 2 is 2.12 bits per heavy atom. The molecule has 1 aromatic heterocycles. The van der Waals surface area contributed by atoms with Crippen LogP contribution in [0, 0.1) is 6.92 Å². The van der Waals surface area contributed by atoms with Gasteiger partial charge < -0.3 is 15.2 Å². The van der Waals surface area contributed by atoms with Crippen molar-refractivity contribution in [2.75, 3.05) is 11.9 Å². The van der Waals surface area contributed by atoms with E-state index in [1.54, 1.807) is 20.8 Å². The molecular weight excluding hydrogens is 354 g/mol. The topological polar surface area (TPSA) is 91.8 Å². The number of hydrogen-bond donors (Lipinski definition) is 2. The largest absolute Gasteiger partial charge is 0.444 e. The molecule has 0 aliphatic carbocycles. The van der Waals surface area contributed by atoms with Crippen molar-refractivity contribution in [3.05, 3.63) is 23.8 Å². The summed E-state index contributed by atoms with van der Waals surface area (Å²) in [6.07, 6.45) is -1.18. The minimum absolute atomic E-state index is 0.0754. The monoisotopic (exact) mass is 377 g/mol. The highest BCUT2D eigenvalue weighted by Crippen LogP contribution is 2.28. The highest BCUT2D eigenvalue weighted by Gasteiger charge is 2.41. The summed E-state index contributed by atoms with van der Waals surface area (Å²) in [5.41, 5.74) is 1.26. The average molecular weight is 377 g/mol. The Balaban J connectivity index is 1.75. The number of amides is 2. The van der Waals surface area contributed by atoms with Gasteiger partial charge in [-0.3, -0.25) is 9.69 Å². The van der Waals surface area contributed by atoms with Crippen LogP contribution in [0.3, 0.4) is 0 Å². The van der Waals surface area contributed by atoms with Gasteiger partial charge in [0.15, 0.2) is 5.13 Å². The highest BCUT2D eigenvalue weighted by molar-refractivity contribution is 7.22. The number of aliphatic hydroxyl groups is 1. The number of hydrogen-bond acceptors (Lipinski definition) is 6. The third-order valence-electron chi connectivity index (χ3n) is 3.98. The van der Waals surface area contributed by atoms with Gasteiger partial charge in [-0.25, -0.2) is 9.78 Å². The summed E-state index contributed by atoms with van der Waals surface area (Å²) < 4.78 is 6.33. The standard InChI is InChI=1S/C18H23N3O4S/c1-10-5-6-12-14(7-10)26-16(19-12)20-15(23)13-8-11(22)9-21(13)17(24)25-18(2,3)4/h5-7,11,13,22H,8-9H2,1-4H3,(H,19,20,23)/t11-,13+/m1/s1. The van der Waals surface area contributed by atoms with E-state index >= 15 is 0 Å². The molecule has 140 valence electrons. The van der Waals surface area contributed by atoms with Gasteiger partial charge in [-0.05, 0) is 45.4 Å². The number of rotatable bonds is 2. The molecule has 3 rings (SSSR count). The third-order valence-corrected chi connectivity index (χ3v) is 4.92. The van der Waals surface area contributed by atoms with Gasteiger partial charge in [0.05, 0.1) is 22.9 Å². The Hall–Kier alpha value is -2.19. The van der Waals surface area contributed by atoms with Crippen LogP contribution in [0.1, 0.15) is 32.8 Å². The van der Waals surface area contributed by atoms with Gasteiger partial charge >= 0.3 is 6.09 Å². The molecule has 1 aromatic carbocycles. The normalized spacial score (nSPS) is 20.4. The van der Waals surface area contributed by atoms with Crippen LogP contribution in [0.5, 0.6) is 0 Å². The van der Waals surface area contributed by atoms with E-state index in [4.69, 9.17) is 4.74 Å². The van der Waals surface area contributed by atoms with Crippen molar-refractivity contribution >= 4 is 38.7 Å². The number of nitrogens with zero attached hydrogens (tertiary/aromatic N) is 2. The molecule has 2 atom stereocenters. The zero-order chi connectivity index (χ0) is 19.1. The molecule has 1 aliphatic rings. The fourth-order valence-electron chi connectivity index (χ4n) is 2.86. The number of carbonyl (C=O) groups is 2. The summed E-state index contributed by atoms with van der Waals surface area (Å²) in [7, 11) is 0. The van der Waals surface area contributed by atoms with E-state index in [1.165, 1.54) is 16.2 Å².